The van der Waals surface area contributed by atoms with E-state index in [1.54, 1.807) is 0 Å². The predicted molar refractivity (Wildman–Crippen MR) is 60.6 cm³/mol. The number of methoxy groups -OCH3 is 1. The zero-order valence-electron chi connectivity index (χ0n) is 10.3. The summed E-state index contributed by atoms with van der Waals surface area (Å²) in [5, 5.41) is 0. The molecule has 1 rings (SSSR count). The first-order valence-electron chi connectivity index (χ1n) is 6.01. The van der Waals surface area contributed by atoms with Crippen LogP contribution in [-0.2, 0) is 9.53 Å². The third kappa shape index (κ3) is 2.33. The second-order valence-electron chi connectivity index (χ2n) is 4.25. The molecule has 0 aromatic heterocycles. The fourth-order valence-electron chi connectivity index (χ4n) is 2.73. The zero-order valence-corrected chi connectivity index (χ0v) is 10.3. The Hall–Kier alpha value is -0.570. The first-order valence-corrected chi connectivity index (χ1v) is 6.01. The molecule has 88 valence electrons. The van der Waals surface area contributed by atoms with Gasteiger partial charge in [0.05, 0.1) is 13.0 Å². The van der Waals surface area contributed by atoms with Crippen LogP contribution in [0.5, 0.6) is 0 Å². The molecule has 1 aliphatic carbocycles. The van der Waals surface area contributed by atoms with Gasteiger partial charge in [0, 0.05) is 6.04 Å². The van der Waals surface area contributed by atoms with Gasteiger partial charge in [0.25, 0.3) is 0 Å². The molecule has 0 aromatic rings. The van der Waals surface area contributed by atoms with Crippen LogP contribution >= 0.6 is 0 Å². The summed E-state index contributed by atoms with van der Waals surface area (Å²) in [6, 6.07) is 0.414. The van der Waals surface area contributed by atoms with Crippen LogP contribution in [-0.4, -0.2) is 37.1 Å². The molecule has 0 aromatic carbocycles. The van der Waals surface area contributed by atoms with Crippen molar-refractivity contribution < 1.29 is 9.53 Å². The number of esters is 1. The van der Waals surface area contributed by atoms with E-state index in [-0.39, 0.29) is 11.9 Å². The third-order valence-electron chi connectivity index (χ3n) is 3.71. The van der Waals surface area contributed by atoms with Crippen molar-refractivity contribution in [1.82, 2.24) is 4.90 Å². The minimum Gasteiger partial charge on any atom is -0.469 e. The van der Waals surface area contributed by atoms with Gasteiger partial charge in [-0.2, -0.15) is 0 Å². The highest BCUT2D eigenvalue weighted by Crippen LogP contribution is 2.40. The SMILES string of the molecule is CCC1CC(C(=O)OC)C1N(CC)CC. The van der Waals surface area contributed by atoms with Crippen LogP contribution in [0.4, 0.5) is 0 Å². The van der Waals surface area contributed by atoms with E-state index in [0.717, 1.165) is 25.9 Å². The molecule has 0 heterocycles. The lowest BCUT2D eigenvalue weighted by atomic mass is 9.67. The van der Waals surface area contributed by atoms with E-state index in [1.165, 1.54) is 7.11 Å². The van der Waals surface area contributed by atoms with Gasteiger partial charge in [0.1, 0.15) is 0 Å². The van der Waals surface area contributed by atoms with E-state index in [1.807, 2.05) is 0 Å². The summed E-state index contributed by atoms with van der Waals surface area (Å²) in [7, 11) is 1.49. The molecular formula is C12H23NO2. The van der Waals surface area contributed by atoms with Crippen molar-refractivity contribution in [3.8, 4) is 0 Å². The van der Waals surface area contributed by atoms with Crippen LogP contribution in [0.3, 0.4) is 0 Å². The fraction of sp³-hybridized carbons (Fsp3) is 0.917. The second-order valence-corrected chi connectivity index (χ2v) is 4.25. The van der Waals surface area contributed by atoms with Crippen molar-refractivity contribution in [3.63, 3.8) is 0 Å². The van der Waals surface area contributed by atoms with Crippen molar-refractivity contribution in [3.05, 3.63) is 0 Å². The van der Waals surface area contributed by atoms with E-state index in [0.29, 0.717) is 12.0 Å². The number of nitrogens with zero attached hydrogens (tertiary/aromatic N) is 1. The monoisotopic (exact) mass is 213 g/mol. The number of carbonyl (C=O) groups is 1. The highest BCUT2D eigenvalue weighted by molar-refractivity contribution is 5.74. The summed E-state index contributed by atoms with van der Waals surface area (Å²) in [5.74, 6) is 0.755. The molecule has 0 bridgehead atoms. The molecule has 1 aliphatic rings. The molecule has 1 fully saturated rings. The number of hydrogen-bond donors (Lipinski definition) is 0. The van der Waals surface area contributed by atoms with Crippen LogP contribution in [0, 0.1) is 11.8 Å². The molecule has 1 saturated carbocycles. The molecule has 3 heteroatoms. The van der Waals surface area contributed by atoms with Crippen molar-refractivity contribution in [2.45, 2.75) is 39.7 Å². The van der Waals surface area contributed by atoms with Gasteiger partial charge in [-0.25, -0.2) is 0 Å². The first kappa shape index (κ1) is 12.5. The lowest BCUT2D eigenvalue weighted by Gasteiger charge is -2.48. The Balaban J connectivity index is 2.65. The Morgan fingerprint density at radius 1 is 1.33 bits per heavy atom. The molecule has 3 nitrogen and oxygen atoms in total. The summed E-state index contributed by atoms with van der Waals surface area (Å²) in [6.45, 7) is 8.55. The number of hydrogen-bond acceptors (Lipinski definition) is 3. The predicted octanol–water partition coefficient (Wildman–Crippen LogP) is 1.92. The standard InChI is InChI=1S/C12H23NO2/c1-5-9-8-10(12(14)15-4)11(9)13(6-2)7-3/h9-11H,5-8H2,1-4H3. The number of ether oxygens (including phenoxy) is 1. The zero-order chi connectivity index (χ0) is 11.4. The van der Waals surface area contributed by atoms with E-state index >= 15 is 0 Å². The first-order chi connectivity index (χ1) is 7.19. The highest BCUT2D eigenvalue weighted by atomic mass is 16.5. The molecule has 0 aliphatic heterocycles. The van der Waals surface area contributed by atoms with Crippen molar-refractivity contribution >= 4 is 5.97 Å². The van der Waals surface area contributed by atoms with E-state index in [2.05, 4.69) is 25.7 Å². The minimum absolute atomic E-state index is 0.0309. The molecule has 0 spiro atoms. The largest absolute Gasteiger partial charge is 0.469 e. The van der Waals surface area contributed by atoms with Gasteiger partial charge < -0.3 is 4.74 Å². The molecule has 15 heavy (non-hydrogen) atoms. The van der Waals surface area contributed by atoms with Crippen molar-refractivity contribution in [1.29, 1.82) is 0 Å². The van der Waals surface area contributed by atoms with E-state index in [9.17, 15) is 4.79 Å². The molecule has 3 unspecified atom stereocenters. The van der Waals surface area contributed by atoms with Gasteiger partial charge in [-0.15, -0.1) is 0 Å². The minimum atomic E-state index is -0.0309. The quantitative estimate of drug-likeness (QED) is 0.653. The van der Waals surface area contributed by atoms with Crippen LogP contribution in [0.2, 0.25) is 0 Å². The second kappa shape index (κ2) is 5.50. The van der Waals surface area contributed by atoms with Gasteiger partial charge >= 0.3 is 5.97 Å². The van der Waals surface area contributed by atoms with Crippen LogP contribution in [0.15, 0.2) is 0 Å². The molecular weight excluding hydrogens is 190 g/mol. The Bertz CT molecular complexity index is 214. The Morgan fingerprint density at radius 2 is 1.93 bits per heavy atom. The van der Waals surface area contributed by atoms with Crippen LogP contribution in [0.25, 0.3) is 0 Å². The fourth-order valence-corrected chi connectivity index (χ4v) is 2.73. The van der Waals surface area contributed by atoms with Crippen molar-refractivity contribution in [2.75, 3.05) is 20.2 Å². The summed E-state index contributed by atoms with van der Waals surface area (Å²) >= 11 is 0. The maximum atomic E-state index is 11.6. The molecule has 0 amide bonds. The Morgan fingerprint density at radius 3 is 2.33 bits per heavy atom. The van der Waals surface area contributed by atoms with Gasteiger partial charge in [-0.05, 0) is 25.4 Å². The lowest BCUT2D eigenvalue weighted by Crippen LogP contribution is -2.56. The van der Waals surface area contributed by atoms with Crippen molar-refractivity contribution in [2.24, 2.45) is 11.8 Å². The number of rotatable bonds is 5. The molecule has 3 atom stereocenters. The lowest BCUT2D eigenvalue weighted by molar-refractivity contribution is -0.156. The van der Waals surface area contributed by atoms with Gasteiger partial charge in [0.15, 0.2) is 0 Å². The Labute approximate surface area is 92.8 Å². The van der Waals surface area contributed by atoms with E-state index < -0.39 is 0 Å². The van der Waals surface area contributed by atoms with Crippen LogP contribution < -0.4 is 0 Å². The maximum Gasteiger partial charge on any atom is 0.310 e. The third-order valence-corrected chi connectivity index (χ3v) is 3.71. The molecule has 0 N–H and O–H groups in total. The summed E-state index contributed by atoms with van der Waals surface area (Å²) in [5.41, 5.74) is 0. The topological polar surface area (TPSA) is 29.5 Å². The summed E-state index contributed by atoms with van der Waals surface area (Å²) in [4.78, 5) is 13.9. The maximum absolute atomic E-state index is 11.6. The van der Waals surface area contributed by atoms with E-state index in [4.69, 9.17) is 4.74 Å². The highest BCUT2D eigenvalue weighted by Gasteiger charge is 2.47. The van der Waals surface area contributed by atoms with Gasteiger partial charge in [0.2, 0.25) is 0 Å². The van der Waals surface area contributed by atoms with Crippen LogP contribution in [0.1, 0.15) is 33.6 Å². The molecule has 0 radical (unpaired) electrons. The average Bonchev–Trinajstić information content (AvgIpc) is 2.24. The van der Waals surface area contributed by atoms with Gasteiger partial charge in [-0.3, -0.25) is 9.69 Å². The Kier molecular flexibility index (Phi) is 4.58. The molecule has 0 saturated heterocycles. The summed E-state index contributed by atoms with van der Waals surface area (Å²) < 4.78 is 4.85. The normalized spacial score (nSPS) is 30.1. The average molecular weight is 213 g/mol. The summed E-state index contributed by atoms with van der Waals surface area (Å²) in [6.07, 6.45) is 2.17. The van der Waals surface area contributed by atoms with Gasteiger partial charge in [-0.1, -0.05) is 27.2 Å². The number of carbonyl (C=O) groups excluding carboxylic acids is 1. The smallest absolute Gasteiger partial charge is 0.310 e.